The molecule has 10 heteroatoms. The number of thiol groups is 1. The van der Waals surface area contributed by atoms with Crippen molar-refractivity contribution in [3.05, 3.63) is 65.5 Å². The van der Waals surface area contributed by atoms with Gasteiger partial charge in [-0.1, -0.05) is 30.3 Å². The number of carbonyl (C=O) groups excluding carboxylic acids is 3. The molecule has 192 valence electrons. The predicted molar refractivity (Wildman–Crippen MR) is 142 cm³/mol. The number of fused-ring (bicyclic) bond motifs is 1. The highest BCUT2D eigenvalue weighted by Crippen LogP contribution is 2.26. The van der Waals surface area contributed by atoms with Crippen molar-refractivity contribution >= 4 is 41.4 Å². The Morgan fingerprint density at radius 1 is 1.14 bits per heavy atom. The highest BCUT2D eigenvalue weighted by molar-refractivity contribution is 7.80. The fraction of sp³-hybridized carbons (Fsp3) is 0.385. The molecule has 0 aliphatic heterocycles. The van der Waals surface area contributed by atoms with E-state index in [1.807, 2.05) is 36.4 Å². The molecule has 2 amide bonds. The van der Waals surface area contributed by atoms with Crippen molar-refractivity contribution in [2.24, 2.45) is 5.73 Å². The van der Waals surface area contributed by atoms with E-state index in [2.05, 4.69) is 32.6 Å². The standard InChI is InChI=1S/C26H33N5O4S/c1-35-24(33)16-28-26(34)19-10-11-22-21(15-19)30-25(31(22)17-18-7-3-2-4-8-18)20(9-5-6-13-27)29-23(32)12-14-36/h2-4,7-8,10-11,15,20,36H,5-6,9,12-14,16-17,27H2,1H3,(H,28,34)(H,29,32). The summed E-state index contributed by atoms with van der Waals surface area (Å²) in [7, 11) is 1.26. The van der Waals surface area contributed by atoms with Crippen LogP contribution in [0.4, 0.5) is 0 Å². The molecular weight excluding hydrogens is 478 g/mol. The zero-order valence-electron chi connectivity index (χ0n) is 20.4. The van der Waals surface area contributed by atoms with Crippen molar-refractivity contribution < 1.29 is 19.1 Å². The number of carbonyl (C=O) groups is 3. The number of nitrogens with zero attached hydrogens (tertiary/aromatic N) is 2. The first-order valence-corrected chi connectivity index (χ1v) is 12.6. The van der Waals surface area contributed by atoms with E-state index in [0.29, 0.717) is 48.6 Å². The van der Waals surface area contributed by atoms with Crippen LogP contribution in [-0.2, 0) is 20.9 Å². The van der Waals surface area contributed by atoms with Gasteiger partial charge in [0.2, 0.25) is 5.91 Å². The zero-order valence-corrected chi connectivity index (χ0v) is 21.3. The maximum atomic E-state index is 12.6. The van der Waals surface area contributed by atoms with Gasteiger partial charge < -0.3 is 25.7 Å². The Bertz CT molecular complexity index is 1180. The quantitative estimate of drug-likeness (QED) is 0.159. The van der Waals surface area contributed by atoms with Gasteiger partial charge in [-0.15, -0.1) is 0 Å². The van der Waals surface area contributed by atoms with E-state index in [9.17, 15) is 14.4 Å². The lowest BCUT2D eigenvalue weighted by Gasteiger charge is -2.20. The molecule has 1 unspecified atom stereocenters. The third-order valence-electron chi connectivity index (χ3n) is 5.78. The monoisotopic (exact) mass is 511 g/mol. The number of aromatic nitrogens is 2. The largest absolute Gasteiger partial charge is 0.468 e. The average molecular weight is 512 g/mol. The number of nitrogens with one attached hydrogen (secondary N) is 2. The van der Waals surface area contributed by atoms with E-state index in [1.54, 1.807) is 12.1 Å². The number of esters is 1. The van der Waals surface area contributed by atoms with Crippen LogP contribution in [0.1, 0.15) is 53.5 Å². The third-order valence-corrected chi connectivity index (χ3v) is 6.00. The molecule has 1 aromatic heterocycles. The first-order chi connectivity index (χ1) is 17.5. The van der Waals surface area contributed by atoms with Crippen LogP contribution in [0.5, 0.6) is 0 Å². The molecule has 0 bridgehead atoms. The number of benzene rings is 2. The van der Waals surface area contributed by atoms with Crippen LogP contribution in [0.3, 0.4) is 0 Å². The highest BCUT2D eigenvalue weighted by atomic mass is 32.1. The molecule has 0 radical (unpaired) electrons. The molecule has 3 aromatic rings. The molecule has 0 aliphatic rings. The van der Waals surface area contributed by atoms with Crippen LogP contribution < -0.4 is 16.4 Å². The second kappa shape index (κ2) is 13.6. The summed E-state index contributed by atoms with van der Waals surface area (Å²) >= 11 is 4.18. The number of imidazole rings is 1. The lowest BCUT2D eigenvalue weighted by Crippen LogP contribution is -2.31. The minimum atomic E-state index is -0.531. The molecule has 3 rings (SSSR count). The topological polar surface area (TPSA) is 128 Å². The lowest BCUT2D eigenvalue weighted by atomic mass is 10.1. The lowest BCUT2D eigenvalue weighted by molar-refractivity contribution is -0.139. The molecule has 0 aliphatic carbocycles. The number of hydrogen-bond acceptors (Lipinski definition) is 7. The summed E-state index contributed by atoms with van der Waals surface area (Å²) in [6, 6.07) is 14.9. The Morgan fingerprint density at radius 2 is 1.92 bits per heavy atom. The van der Waals surface area contributed by atoms with Gasteiger partial charge in [0.15, 0.2) is 0 Å². The van der Waals surface area contributed by atoms with Gasteiger partial charge in [-0.2, -0.15) is 12.6 Å². The van der Waals surface area contributed by atoms with E-state index in [-0.39, 0.29) is 18.5 Å². The fourth-order valence-electron chi connectivity index (χ4n) is 3.94. The number of ether oxygens (including phenoxy) is 1. The minimum absolute atomic E-state index is 0.0936. The second-order valence-corrected chi connectivity index (χ2v) is 8.83. The molecule has 1 atom stereocenters. The Labute approximate surface area is 216 Å². The van der Waals surface area contributed by atoms with E-state index in [0.717, 1.165) is 23.9 Å². The van der Waals surface area contributed by atoms with Gasteiger partial charge in [-0.05, 0) is 55.3 Å². The van der Waals surface area contributed by atoms with Crippen molar-refractivity contribution in [1.82, 2.24) is 20.2 Å². The van der Waals surface area contributed by atoms with Crippen LogP contribution in [0.25, 0.3) is 11.0 Å². The normalized spacial score (nSPS) is 11.8. The molecule has 0 fully saturated rings. The molecular formula is C26H33N5O4S. The van der Waals surface area contributed by atoms with Crippen LogP contribution in [0.2, 0.25) is 0 Å². The van der Waals surface area contributed by atoms with Crippen LogP contribution >= 0.6 is 12.6 Å². The Balaban J connectivity index is 2.01. The van der Waals surface area contributed by atoms with Gasteiger partial charge in [0.25, 0.3) is 5.91 Å². The zero-order chi connectivity index (χ0) is 25.9. The molecule has 2 aromatic carbocycles. The molecule has 1 heterocycles. The SMILES string of the molecule is COC(=O)CNC(=O)c1ccc2c(c1)nc(C(CCCCN)NC(=O)CCS)n2Cc1ccccc1. The first-order valence-electron chi connectivity index (χ1n) is 12.0. The Kier molecular flexibility index (Phi) is 10.3. The number of amides is 2. The van der Waals surface area contributed by atoms with Crippen molar-refractivity contribution in [3.8, 4) is 0 Å². The average Bonchev–Trinajstić information content (AvgIpc) is 3.24. The number of nitrogens with two attached hydrogens (primary N) is 1. The smallest absolute Gasteiger partial charge is 0.325 e. The Morgan fingerprint density at radius 3 is 2.61 bits per heavy atom. The number of hydrogen-bond donors (Lipinski definition) is 4. The van der Waals surface area contributed by atoms with E-state index in [1.165, 1.54) is 7.11 Å². The number of unbranched alkanes of at least 4 members (excludes halogenated alkanes) is 1. The van der Waals surface area contributed by atoms with Crippen LogP contribution in [-0.4, -0.2) is 53.3 Å². The predicted octanol–water partition coefficient (Wildman–Crippen LogP) is 2.59. The molecule has 36 heavy (non-hydrogen) atoms. The van der Waals surface area contributed by atoms with Gasteiger partial charge in [-0.25, -0.2) is 4.98 Å². The Hall–Kier alpha value is -3.37. The van der Waals surface area contributed by atoms with Crippen LogP contribution in [0.15, 0.2) is 48.5 Å². The third kappa shape index (κ3) is 7.32. The number of rotatable bonds is 13. The molecule has 4 N–H and O–H groups in total. The van der Waals surface area contributed by atoms with Crippen molar-refractivity contribution in [2.45, 2.75) is 38.3 Å². The summed E-state index contributed by atoms with van der Waals surface area (Å²) in [5.41, 5.74) is 8.63. The van der Waals surface area contributed by atoms with Crippen LogP contribution in [0, 0.1) is 0 Å². The molecule has 0 spiro atoms. The van der Waals surface area contributed by atoms with Crippen molar-refractivity contribution in [1.29, 1.82) is 0 Å². The second-order valence-electron chi connectivity index (χ2n) is 8.38. The van der Waals surface area contributed by atoms with E-state index in [4.69, 9.17) is 10.7 Å². The maximum absolute atomic E-state index is 12.6. The van der Waals surface area contributed by atoms with Gasteiger partial charge in [0.05, 0.1) is 24.2 Å². The summed E-state index contributed by atoms with van der Waals surface area (Å²) in [6.45, 7) is 0.902. The highest BCUT2D eigenvalue weighted by Gasteiger charge is 2.23. The minimum Gasteiger partial charge on any atom is -0.468 e. The maximum Gasteiger partial charge on any atom is 0.325 e. The van der Waals surface area contributed by atoms with Gasteiger partial charge >= 0.3 is 5.97 Å². The summed E-state index contributed by atoms with van der Waals surface area (Å²) in [6.07, 6.45) is 2.65. The van der Waals surface area contributed by atoms with E-state index < -0.39 is 11.9 Å². The van der Waals surface area contributed by atoms with Gasteiger partial charge in [0.1, 0.15) is 12.4 Å². The van der Waals surface area contributed by atoms with Crippen molar-refractivity contribution in [3.63, 3.8) is 0 Å². The first kappa shape index (κ1) is 27.2. The van der Waals surface area contributed by atoms with Gasteiger partial charge in [0, 0.05) is 18.5 Å². The van der Waals surface area contributed by atoms with Crippen molar-refractivity contribution in [2.75, 3.05) is 26.0 Å². The molecule has 9 nitrogen and oxygen atoms in total. The summed E-state index contributed by atoms with van der Waals surface area (Å²) in [5, 5.41) is 5.66. The summed E-state index contributed by atoms with van der Waals surface area (Å²) in [4.78, 5) is 41.4. The van der Waals surface area contributed by atoms with E-state index >= 15 is 0 Å². The number of methoxy groups -OCH3 is 1. The molecule has 0 saturated heterocycles. The summed E-state index contributed by atoms with van der Waals surface area (Å²) in [5.74, 6) is 0.139. The summed E-state index contributed by atoms with van der Waals surface area (Å²) < 4.78 is 6.66. The van der Waals surface area contributed by atoms with Gasteiger partial charge in [-0.3, -0.25) is 14.4 Å². The molecule has 0 saturated carbocycles. The fourth-order valence-corrected chi connectivity index (χ4v) is 4.14.